The third-order valence-electron chi connectivity index (χ3n) is 3.80. The fourth-order valence-corrected chi connectivity index (χ4v) is 3.19. The van der Waals surface area contributed by atoms with Crippen LogP contribution in [0, 0.1) is 0 Å². The van der Waals surface area contributed by atoms with E-state index in [9.17, 15) is 0 Å². The number of hydrogen-bond acceptors (Lipinski definition) is 2. The van der Waals surface area contributed by atoms with Crippen molar-refractivity contribution in [2.24, 2.45) is 0 Å². The Balaban J connectivity index is 2.01. The molecule has 2 atom stereocenters. The third kappa shape index (κ3) is 1.52. The first kappa shape index (κ1) is 10.4. The molecule has 1 fully saturated rings. The van der Waals surface area contributed by atoms with E-state index in [2.05, 4.69) is 29.3 Å². The Bertz CT molecular complexity index is 399. The molecule has 1 aromatic rings. The van der Waals surface area contributed by atoms with E-state index in [1.165, 1.54) is 17.7 Å². The van der Waals surface area contributed by atoms with Gasteiger partial charge in [0.25, 0.3) is 0 Å². The molecular weight excluding hydrogens is 220 g/mol. The first-order valence-electron chi connectivity index (χ1n) is 6.07. The molecule has 1 saturated heterocycles. The van der Waals surface area contributed by atoms with E-state index in [-0.39, 0.29) is 0 Å². The van der Waals surface area contributed by atoms with Gasteiger partial charge in [-0.25, -0.2) is 0 Å². The Morgan fingerprint density at radius 2 is 2.31 bits per heavy atom. The number of nitrogens with one attached hydrogen (secondary N) is 1. The highest BCUT2D eigenvalue weighted by atomic mass is 35.5. The summed E-state index contributed by atoms with van der Waals surface area (Å²) in [5, 5.41) is 4.39. The molecule has 2 nitrogen and oxygen atoms in total. The highest BCUT2D eigenvalue weighted by Gasteiger charge is 2.35. The van der Waals surface area contributed by atoms with Gasteiger partial charge in [0.1, 0.15) is 0 Å². The lowest BCUT2D eigenvalue weighted by atomic mass is 10.1. The van der Waals surface area contributed by atoms with Gasteiger partial charge in [0, 0.05) is 35.9 Å². The fourth-order valence-electron chi connectivity index (χ4n) is 3.02. The summed E-state index contributed by atoms with van der Waals surface area (Å²) in [5.41, 5.74) is 2.82. The highest BCUT2D eigenvalue weighted by molar-refractivity contribution is 6.30. The monoisotopic (exact) mass is 236 g/mol. The Kier molecular flexibility index (Phi) is 2.56. The van der Waals surface area contributed by atoms with Gasteiger partial charge in [-0.15, -0.1) is 0 Å². The molecule has 0 aromatic heterocycles. The molecule has 0 bridgehead atoms. The van der Waals surface area contributed by atoms with E-state index in [1.54, 1.807) is 0 Å². The number of halogens is 1. The molecule has 16 heavy (non-hydrogen) atoms. The van der Waals surface area contributed by atoms with E-state index < -0.39 is 0 Å². The van der Waals surface area contributed by atoms with E-state index in [1.807, 2.05) is 6.07 Å². The van der Waals surface area contributed by atoms with Crippen LogP contribution in [-0.4, -0.2) is 25.2 Å². The van der Waals surface area contributed by atoms with Crippen molar-refractivity contribution >= 4 is 17.3 Å². The number of anilines is 1. The lowest BCUT2D eigenvalue weighted by Crippen LogP contribution is -2.55. The van der Waals surface area contributed by atoms with Gasteiger partial charge < -0.3 is 10.2 Å². The topological polar surface area (TPSA) is 15.3 Å². The Morgan fingerprint density at radius 1 is 1.44 bits per heavy atom. The first-order valence-corrected chi connectivity index (χ1v) is 6.45. The van der Waals surface area contributed by atoms with Crippen LogP contribution >= 0.6 is 11.6 Å². The van der Waals surface area contributed by atoms with Gasteiger partial charge in [0.15, 0.2) is 0 Å². The van der Waals surface area contributed by atoms with Crippen LogP contribution in [0.1, 0.15) is 18.9 Å². The largest absolute Gasteiger partial charge is 0.362 e. The summed E-state index contributed by atoms with van der Waals surface area (Å²) in [6.07, 6.45) is 2.35. The van der Waals surface area contributed by atoms with E-state index in [4.69, 9.17) is 11.6 Å². The standard InChI is InChI=1S/C13H17ClN2/c1-2-11-7-15-8-12-5-9-3-4-10(14)6-13(9)16(11)12/h3-4,6,11-12,15H,2,5,7-8H2,1H3/t11-,12+/m1/s1. The molecule has 0 amide bonds. The molecule has 3 rings (SSSR count). The number of fused-ring (bicyclic) bond motifs is 3. The zero-order valence-electron chi connectivity index (χ0n) is 9.54. The van der Waals surface area contributed by atoms with Crippen LogP contribution in [0.4, 0.5) is 5.69 Å². The van der Waals surface area contributed by atoms with Crippen LogP contribution in [-0.2, 0) is 6.42 Å². The van der Waals surface area contributed by atoms with Crippen molar-refractivity contribution in [3.8, 4) is 0 Å². The second-order valence-corrected chi connectivity index (χ2v) is 5.20. The zero-order valence-corrected chi connectivity index (χ0v) is 10.3. The maximum absolute atomic E-state index is 6.10. The summed E-state index contributed by atoms with van der Waals surface area (Å²) in [6.45, 7) is 4.46. The smallest absolute Gasteiger partial charge is 0.0459 e. The van der Waals surface area contributed by atoms with Crippen molar-refractivity contribution in [1.29, 1.82) is 0 Å². The SMILES string of the molecule is CC[C@@H]1CNC[C@@H]2Cc3ccc(Cl)cc3N12. The normalized spacial score (nSPS) is 27.8. The lowest BCUT2D eigenvalue weighted by Gasteiger charge is -2.40. The second kappa shape index (κ2) is 3.94. The minimum absolute atomic E-state index is 0.624. The van der Waals surface area contributed by atoms with Gasteiger partial charge in [-0.1, -0.05) is 24.6 Å². The molecule has 2 aliphatic heterocycles. The minimum Gasteiger partial charge on any atom is -0.362 e. The highest BCUT2D eigenvalue weighted by Crippen LogP contribution is 2.37. The van der Waals surface area contributed by atoms with Crippen molar-refractivity contribution in [2.45, 2.75) is 31.8 Å². The quantitative estimate of drug-likeness (QED) is 0.806. The summed E-state index contributed by atoms with van der Waals surface area (Å²) in [4.78, 5) is 2.58. The molecule has 2 heterocycles. The lowest BCUT2D eigenvalue weighted by molar-refractivity contribution is 0.405. The molecule has 86 valence electrons. The van der Waals surface area contributed by atoms with Crippen molar-refractivity contribution in [1.82, 2.24) is 5.32 Å². The van der Waals surface area contributed by atoms with Gasteiger partial charge in [0.05, 0.1) is 0 Å². The van der Waals surface area contributed by atoms with Crippen LogP contribution in [0.2, 0.25) is 5.02 Å². The molecule has 1 N–H and O–H groups in total. The maximum Gasteiger partial charge on any atom is 0.0459 e. The van der Waals surface area contributed by atoms with Crippen LogP contribution in [0.25, 0.3) is 0 Å². The van der Waals surface area contributed by atoms with Crippen LogP contribution in [0.5, 0.6) is 0 Å². The second-order valence-electron chi connectivity index (χ2n) is 4.76. The van der Waals surface area contributed by atoms with E-state index in [0.29, 0.717) is 12.1 Å². The Labute approximate surface area is 102 Å². The molecule has 3 heteroatoms. The van der Waals surface area contributed by atoms with E-state index >= 15 is 0 Å². The summed E-state index contributed by atoms with van der Waals surface area (Å²) >= 11 is 6.10. The molecular formula is C13H17ClN2. The molecule has 0 unspecified atom stereocenters. The van der Waals surface area contributed by atoms with Crippen LogP contribution in [0.3, 0.4) is 0 Å². The van der Waals surface area contributed by atoms with Gasteiger partial charge in [-0.2, -0.15) is 0 Å². The summed E-state index contributed by atoms with van der Waals surface area (Å²) in [5.74, 6) is 0. The summed E-state index contributed by atoms with van der Waals surface area (Å²) < 4.78 is 0. The average molecular weight is 237 g/mol. The van der Waals surface area contributed by atoms with Crippen molar-refractivity contribution in [3.63, 3.8) is 0 Å². The Hall–Kier alpha value is -0.730. The molecule has 0 saturated carbocycles. The number of hydrogen-bond donors (Lipinski definition) is 1. The third-order valence-corrected chi connectivity index (χ3v) is 4.03. The molecule has 1 aromatic carbocycles. The van der Waals surface area contributed by atoms with Crippen molar-refractivity contribution < 1.29 is 0 Å². The fraction of sp³-hybridized carbons (Fsp3) is 0.538. The maximum atomic E-state index is 6.10. The van der Waals surface area contributed by atoms with E-state index in [0.717, 1.165) is 24.5 Å². The Morgan fingerprint density at radius 3 is 3.12 bits per heavy atom. The number of piperazine rings is 1. The van der Waals surface area contributed by atoms with Gasteiger partial charge in [0.2, 0.25) is 0 Å². The summed E-state index contributed by atoms with van der Waals surface area (Å²) in [7, 11) is 0. The van der Waals surface area contributed by atoms with Crippen molar-refractivity contribution in [3.05, 3.63) is 28.8 Å². The predicted molar refractivity (Wildman–Crippen MR) is 68.4 cm³/mol. The number of benzene rings is 1. The van der Waals surface area contributed by atoms with Crippen LogP contribution < -0.4 is 10.2 Å². The van der Waals surface area contributed by atoms with Crippen LogP contribution in [0.15, 0.2) is 18.2 Å². The first-order chi connectivity index (χ1) is 7.79. The molecule has 0 spiro atoms. The van der Waals surface area contributed by atoms with Gasteiger partial charge in [-0.3, -0.25) is 0 Å². The zero-order chi connectivity index (χ0) is 11.1. The van der Waals surface area contributed by atoms with Gasteiger partial charge in [-0.05, 0) is 30.5 Å². The average Bonchev–Trinajstić information content (AvgIpc) is 2.66. The minimum atomic E-state index is 0.624. The summed E-state index contributed by atoms with van der Waals surface area (Å²) in [6, 6.07) is 7.58. The van der Waals surface area contributed by atoms with Crippen molar-refractivity contribution in [2.75, 3.05) is 18.0 Å². The molecule has 0 aliphatic carbocycles. The molecule has 0 radical (unpaired) electrons. The van der Waals surface area contributed by atoms with Gasteiger partial charge >= 0.3 is 0 Å². The molecule has 2 aliphatic rings. The predicted octanol–water partition coefficient (Wildman–Crippen LogP) is 2.45. The number of rotatable bonds is 1. The number of nitrogens with zero attached hydrogens (tertiary/aromatic N) is 1.